The molecule has 0 bridgehead atoms. The molecule has 0 atom stereocenters. The maximum atomic E-state index is 12.7. The molecule has 1 aromatic carbocycles. The van der Waals surface area contributed by atoms with Gasteiger partial charge in [0, 0.05) is 44.4 Å². The molecule has 0 aliphatic carbocycles. The van der Waals surface area contributed by atoms with Gasteiger partial charge >= 0.3 is 0 Å². The molecular formula is C18H21ClN4O3. The van der Waals surface area contributed by atoms with Crippen molar-refractivity contribution in [2.75, 3.05) is 26.8 Å². The number of carbonyl (C=O) groups excluding carboxylic acids is 2. The summed E-state index contributed by atoms with van der Waals surface area (Å²) in [6, 6.07) is 9.01. The van der Waals surface area contributed by atoms with Gasteiger partial charge in [-0.1, -0.05) is 29.8 Å². The van der Waals surface area contributed by atoms with Crippen LogP contribution in [0.5, 0.6) is 0 Å². The topological polar surface area (TPSA) is 76.5 Å². The first-order valence-corrected chi connectivity index (χ1v) is 8.85. The van der Waals surface area contributed by atoms with Crippen LogP contribution in [0.3, 0.4) is 0 Å². The number of ether oxygens (including phenoxy) is 1. The molecule has 0 radical (unpaired) electrons. The number of halogens is 1. The Morgan fingerprint density at radius 2 is 2.15 bits per heavy atom. The van der Waals surface area contributed by atoms with Crippen molar-refractivity contribution in [3.05, 3.63) is 52.3 Å². The van der Waals surface area contributed by atoms with E-state index in [1.807, 2.05) is 24.3 Å². The zero-order valence-corrected chi connectivity index (χ0v) is 15.3. The van der Waals surface area contributed by atoms with Crippen molar-refractivity contribution in [3.63, 3.8) is 0 Å². The lowest BCUT2D eigenvalue weighted by atomic mass is 10.2. The highest BCUT2D eigenvalue weighted by atomic mass is 35.5. The number of hydrogen-bond acceptors (Lipinski definition) is 4. The Hall–Kier alpha value is -2.38. The Bertz CT molecular complexity index is 805. The normalized spacial score (nSPS) is 13.6. The van der Waals surface area contributed by atoms with E-state index in [1.54, 1.807) is 22.8 Å². The smallest absolute Gasteiger partial charge is 0.272 e. The third-order valence-corrected chi connectivity index (χ3v) is 4.60. The second-order valence-electron chi connectivity index (χ2n) is 6.06. The van der Waals surface area contributed by atoms with Crippen molar-refractivity contribution < 1.29 is 14.3 Å². The van der Waals surface area contributed by atoms with Gasteiger partial charge in [0.15, 0.2) is 5.69 Å². The monoisotopic (exact) mass is 376 g/mol. The fraction of sp³-hybridized carbons (Fsp3) is 0.389. The molecule has 1 aliphatic heterocycles. The average Bonchev–Trinajstić information content (AvgIpc) is 3.08. The fourth-order valence-electron chi connectivity index (χ4n) is 2.84. The highest BCUT2D eigenvalue weighted by molar-refractivity contribution is 6.31. The predicted molar refractivity (Wildman–Crippen MR) is 97.2 cm³/mol. The summed E-state index contributed by atoms with van der Waals surface area (Å²) < 4.78 is 6.54. The largest absolute Gasteiger partial charge is 0.385 e. The second kappa shape index (κ2) is 8.33. The molecule has 1 aliphatic rings. The number of amides is 2. The quantitative estimate of drug-likeness (QED) is 0.749. The molecule has 0 spiro atoms. The summed E-state index contributed by atoms with van der Waals surface area (Å²) in [5.41, 5.74) is 1.57. The number of methoxy groups -OCH3 is 1. The summed E-state index contributed by atoms with van der Waals surface area (Å²) in [5.74, 6) is -0.435. The molecule has 8 heteroatoms. The van der Waals surface area contributed by atoms with Crippen molar-refractivity contribution in [2.45, 2.75) is 19.5 Å². The van der Waals surface area contributed by atoms with E-state index in [0.29, 0.717) is 43.5 Å². The van der Waals surface area contributed by atoms with E-state index < -0.39 is 0 Å². The number of aromatic nitrogens is 2. The van der Waals surface area contributed by atoms with E-state index in [1.165, 1.54) is 0 Å². The van der Waals surface area contributed by atoms with Crippen molar-refractivity contribution in [3.8, 4) is 0 Å². The molecule has 3 rings (SSSR count). The Kier molecular flexibility index (Phi) is 5.90. The number of nitrogens with one attached hydrogen (secondary N) is 1. The molecule has 2 heterocycles. The summed E-state index contributed by atoms with van der Waals surface area (Å²) in [5, 5.41) is 7.67. The minimum Gasteiger partial charge on any atom is -0.385 e. The highest BCUT2D eigenvalue weighted by Gasteiger charge is 2.28. The highest BCUT2D eigenvalue weighted by Crippen LogP contribution is 2.21. The van der Waals surface area contributed by atoms with E-state index in [9.17, 15) is 9.59 Å². The Labute approximate surface area is 156 Å². The number of hydrogen-bond donors (Lipinski definition) is 1. The van der Waals surface area contributed by atoms with Gasteiger partial charge in [-0.05, 0) is 18.1 Å². The molecule has 7 nitrogen and oxygen atoms in total. The van der Waals surface area contributed by atoms with Crippen LogP contribution in [0.15, 0.2) is 30.3 Å². The lowest BCUT2D eigenvalue weighted by Gasteiger charge is -2.27. The van der Waals surface area contributed by atoms with Crippen LogP contribution in [-0.2, 0) is 17.8 Å². The van der Waals surface area contributed by atoms with Crippen LogP contribution in [0.4, 0.5) is 0 Å². The lowest BCUT2D eigenvalue weighted by molar-refractivity contribution is 0.0683. The third-order valence-electron chi connectivity index (χ3n) is 4.23. The predicted octanol–water partition coefficient (Wildman–Crippen LogP) is 1.96. The minimum atomic E-state index is -0.284. The van der Waals surface area contributed by atoms with Crippen LogP contribution in [-0.4, -0.2) is 53.3 Å². The molecule has 0 saturated heterocycles. The van der Waals surface area contributed by atoms with E-state index in [4.69, 9.17) is 16.3 Å². The standard InChI is InChI=1S/C18H21ClN4O3/c1-26-10-4-7-20-17(24)15-11-16-18(25)22(8-9-23(16)21-15)12-13-5-2-3-6-14(13)19/h2-3,5-6,11H,4,7-10,12H2,1H3,(H,20,24). The lowest BCUT2D eigenvalue weighted by Crippen LogP contribution is -2.39. The summed E-state index contributed by atoms with van der Waals surface area (Å²) in [6.07, 6.45) is 0.723. The van der Waals surface area contributed by atoms with Gasteiger partial charge in [0.1, 0.15) is 5.69 Å². The van der Waals surface area contributed by atoms with Gasteiger partial charge in [-0.2, -0.15) is 5.10 Å². The molecule has 0 unspecified atom stereocenters. The first-order valence-electron chi connectivity index (χ1n) is 8.48. The number of rotatable bonds is 7. The average molecular weight is 377 g/mol. The van der Waals surface area contributed by atoms with Crippen LogP contribution in [0, 0.1) is 0 Å². The van der Waals surface area contributed by atoms with Crippen LogP contribution in [0.25, 0.3) is 0 Å². The molecule has 1 aromatic heterocycles. The first-order chi connectivity index (χ1) is 12.6. The number of nitrogens with zero attached hydrogens (tertiary/aromatic N) is 3. The third kappa shape index (κ3) is 4.05. The van der Waals surface area contributed by atoms with Gasteiger partial charge in [0.2, 0.25) is 0 Å². The summed E-state index contributed by atoms with van der Waals surface area (Å²) >= 11 is 6.19. The molecule has 138 valence electrons. The fourth-order valence-corrected chi connectivity index (χ4v) is 3.04. The first kappa shape index (κ1) is 18.4. The van der Waals surface area contributed by atoms with Gasteiger partial charge in [0.25, 0.3) is 11.8 Å². The van der Waals surface area contributed by atoms with Gasteiger partial charge in [-0.15, -0.1) is 0 Å². The molecular weight excluding hydrogens is 356 g/mol. The van der Waals surface area contributed by atoms with Crippen LogP contribution in [0.2, 0.25) is 5.02 Å². The zero-order valence-electron chi connectivity index (χ0n) is 14.6. The molecule has 26 heavy (non-hydrogen) atoms. The van der Waals surface area contributed by atoms with Gasteiger partial charge < -0.3 is 15.0 Å². The summed E-state index contributed by atoms with van der Waals surface area (Å²) in [7, 11) is 1.62. The van der Waals surface area contributed by atoms with E-state index in [-0.39, 0.29) is 17.5 Å². The minimum absolute atomic E-state index is 0.151. The van der Waals surface area contributed by atoms with Crippen molar-refractivity contribution in [1.29, 1.82) is 0 Å². The van der Waals surface area contributed by atoms with Crippen LogP contribution < -0.4 is 5.32 Å². The molecule has 0 saturated carbocycles. The summed E-state index contributed by atoms with van der Waals surface area (Å²) in [4.78, 5) is 26.6. The van der Waals surface area contributed by atoms with E-state index in [0.717, 1.165) is 12.0 Å². The number of carbonyl (C=O) groups is 2. The maximum absolute atomic E-state index is 12.7. The number of benzene rings is 1. The Morgan fingerprint density at radius 1 is 1.35 bits per heavy atom. The zero-order chi connectivity index (χ0) is 18.5. The molecule has 2 amide bonds. The molecule has 2 aromatic rings. The van der Waals surface area contributed by atoms with Crippen molar-refractivity contribution >= 4 is 23.4 Å². The Balaban J connectivity index is 1.67. The van der Waals surface area contributed by atoms with Crippen LogP contribution in [0.1, 0.15) is 33.0 Å². The molecule has 0 fully saturated rings. The van der Waals surface area contributed by atoms with Crippen molar-refractivity contribution in [1.82, 2.24) is 20.0 Å². The Morgan fingerprint density at radius 3 is 2.92 bits per heavy atom. The van der Waals surface area contributed by atoms with E-state index in [2.05, 4.69) is 10.4 Å². The van der Waals surface area contributed by atoms with Gasteiger partial charge in [0.05, 0.1) is 6.54 Å². The van der Waals surface area contributed by atoms with Gasteiger partial charge in [-0.25, -0.2) is 0 Å². The van der Waals surface area contributed by atoms with Gasteiger partial charge in [-0.3, -0.25) is 14.3 Å². The molecule has 1 N–H and O–H groups in total. The second-order valence-corrected chi connectivity index (χ2v) is 6.47. The summed E-state index contributed by atoms with van der Waals surface area (Å²) in [6.45, 7) is 2.58. The number of fused-ring (bicyclic) bond motifs is 1. The SMILES string of the molecule is COCCCNC(=O)c1cc2n(n1)CCN(Cc1ccccc1Cl)C2=O. The van der Waals surface area contributed by atoms with E-state index >= 15 is 0 Å². The maximum Gasteiger partial charge on any atom is 0.272 e. The van der Waals surface area contributed by atoms with Crippen LogP contribution >= 0.6 is 11.6 Å². The van der Waals surface area contributed by atoms with Crippen molar-refractivity contribution in [2.24, 2.45) is 0 Å².